The Labute approximate surface area is 177 Å². The average molecular weight is 421 g/mol. The first kappa shape index (κ1) is 19.7. The van der Waals surface area contributed by atoms with Crippen LogP contribution in [0.2, 0.25) is 5.02 Å². The second-order valence-corrected chi connectivity index (χ2v) is 7.11. The van der Waals surface area contributed by atoms with Gasteiger partial charge in [-0.3, -0.25) is 0 Å². The van der Waals surface area contributed by atoms with Crippen LogP contribution in [0.3, 0.4) is 0 Å². The molecule has 0 spiro atoms. The number of hydrogen-bond donors (Lipinski definition) is 0. The topological polar surface area (TPSA) is 65.7 Å². The Morgan fingerprint density at radius 3 is 2.47 bits per heavy atom. The predicted octanol–water partition coefficient (Wildman–Crippen LogP) is 5.65. The quantitative estimate of drug-likeness (QED) is 0.242. The molecule has 0 aliphatic rings. The summed E-state index contributed by atoms with van der Waals surface area (Å²) in [6, 6.07) is 18.6. The molecule has 5 nitrogen and oxygen atoms in total. The highest BCUT2D eigenvalue weighted by Gasteiger charge is 2.16. The van der Waals surface area contributed by atoms with E-state index < -0.39 is 11.6 Å². The summed E-state index contributed by atoms with van der Waals surface area (Å²) in [6.45, 7) is 1.83. The van der Waals surface area contributed by atoms with Crippen molar-refractivity contribution in [3.8, 4) is 22.6 Å². The van der Waals surface area contributed by atoms with Crippen molar-refractivity contribution in [2.45, 2.75) is 6.92 Å². The molecule has 1 aromatic heterocycles. The molecule has 0 N–H and O–H groups in total. The van der Waals surface area contributed by atoms with E-state index in [9.17, 15) is 9.59 Å². The van der Waals surface area contributed by atoms with E-state index in [0.29, 0.717) is 44.2 Å². The fourth-order valence-electron chi connectivity index (χ4n) is 3.26. The third kappa shape index (κ3) is 3.80. The van der Waals surface area contributed by atoms with Crippen LogP contribution in [0.25, 0.3) is 22.1 Å². The van der Waals surface area contributed by atoms with E-state index in [1.54, 1.807) is 66.7 Å². The highest BCUT2D eigenvalue weighted by atomic mass is 35.5. The van der Waals surface area contributed by atoms with Crippen molar-refractivity contribution in [3.05, 3.63) is 93.3 Å². The van der Waals surface area contributed by atoms with Crippen LogP contribution in [0.5, 0.6) is 11.5 Å². The molecule has 4 aromatic rings. The molecule has 0 amide bonds. The minimum atomic E-state index is -0.513. The lowest BCUT2D eigenvalue weighted by Crippen LogP contribution is -2.09. The van der Waals surface area contributed by atoms with Gasteiger partial charge in [0.2, 0.25) is 0 Å². The molecule has 0 saturated carbocycles. The molecule has 0 atom stereocenters. The van der Waals surface area contributed by atoms with E-state index in [1.807, 2.05) is 6.92 Å². The van der Waals surface area contributed by atoms with Crippen LogP contribution < -0.4 is 15.1 Å². The van der Waals surface area contributed by atoms with Gasteiger partial charge in [-0.2, -0.15) is 0 Å². The fraction of sp³-hybridized carbons (Fsp3) is 0.0833. The van der Waals surface area contributed by atoms with Gasteiger partial charge in [0.25, 0.3) is 0 Å². The molecule has 6 heteroatoms. The first-order valence-corrected chi connectivity index (χ1v) is 9.53. The molecule has 150 valence electrons. The van der Waals surface area contributed by atoms with Crippen LogP contribution in [-0.2, 0) is 0 Å². The van der Waals surface area contributed by atoms with E-state index in [1.165, 1.54) is 7.11 Å². The van der Waals surface area contributed by atoms with E-state index >= 15 is 0 Å². The molecule has 0 radical (unpaired) electrons. The lowest BCUT2D eigenvalue weighted by atomic mass is 9.99. The maximum absolute atomic E-state index is 12.6. The third-order valence-corrected chi connectivity index (χ3v) is 5.04. The van der Waals surface area contributed by atoms with Gasteiger partial charge in [0.05, 0.1) is 18.2 Å². The van der Waals surface area contributed by atoms with Crippen molar-refractivity contribution < 1.29 is 18.7 Å². The number of hydrogen-bond acceptors (Lipinski definition) is 5. The van der Waals surface area contributed by atoms with Crippen molar-refractivity contribution >= 4 is 28.5 Å². The van der Waals surface area contributed by atoms with Gasteiger partial charge in [0, 0.05) is 10.4 Å². The highest BCUT2D eigenvalue weighted by Crippen LogP contribution is 2.30. The zero-order valence-electron chi connectivity index (χ0n) is 16.3. The molecule has 0 fully saturated rings. The van der Waals surface area contributed by atoms with Crippen LogP contribution in [0.4, 0.5) is 0 Å². The van der Waals surface area contributed by atoms with Crippen molar-refractivity contribution in [1.29, 1.82) is 0 Å². The Kier molecular flexibility index (Phi) is 5.29. The number of esters is 1. The van der Waals surface area contributed by atoms with Gasteiger partial charge in [-0.1, -0.05) is 29.8 Å². The van der Waals surface area contributed by atoms with Crippen LogP contribution in [0, 0.1) is 6.92 Å². The van der Waals surface area contributed by atoms with Gasteiger partial charge >= 0.3 is 11.6 Å². The van der Waals surface area contributed by atoms with E-state index in [-0.39, 0.29) is 0 Å². The van der Waals surface area contributed by atoms with Gasteiger partial charge in [-0.05, 0) is 66.6 Å². The van der Waals surface area contributed by atoms with E-state index in [2.05, 4.69) is 0 Å². The molecular weight excluding hydrogens is 404 g/mol. The maximum atomic E-state index is 12.6. The molecule has 1 heterocycles. The van der Waals surface area contributed by atoms with Crippen LogP contribution >= 0.6 is 11.6 Å². The number of ether oxygens (including phenoxy) is 2. The lowest BCUT2D eigenvalue weighted by Gasteiger charge is -2.10. The Hall–Kier alpha value is -3.57. The SMILES string of the molecule is COc1cccc(C(=O)Oc2ccc3oc(=O)c(-c4ccc(Cl)cc4)c(C)c3c2)c1. The average Bonchev–Trinajstić information content (AvgIpc) is 2.75. The van der Waals surface area contributed by atoms with Gasteiger partial charge < -0.3 is 13.9 Å². The summed E-state index contributed by atoms with van der Waals surface area (Å²) in [5.41, 5.74) is 2.21. The molecule has 0 aliphatic carbocycles. The third-order valence-electron chi connectivity index (χ3n) is 4.79. The van der Waals surface area contributed by atoms with Gasteiger partial charge in [-0.15, -0.1) is 0 Å². The summed E-state index contributed by atoms with van der Waals surface area (Å²) in [7, 11) is 1.53. The number of carbonyl (C=O) groups excluding carboxylic acids is 1. The Morgan fingerprint density at radius 2 is 1.73 bits per heavy atom. The van der Waals surface area contributed by atoms with E-state index in [4.69, 9.17) is 25.5 Å². The first-order valence-electron chi connectivity index (χ1n) is 9.16. The van der Waals surface area contributed by atoms with Crippen LogP contribution in [-0.4, -0.2) is 13.1 Å². The number of rotatable bonds is 4. The largest absolute Gasteiger partial charge is 0.497 e. The number of halogens is 1. The standard InChI is InChI=1S/C24H17ClO5/c1-14-20-13-19(29-23(26)16-4-3-5-18(12-16)28-2)10-11-21(20)30-24(27)22(14)15-6-8-17(25)9-7-15/h3-13H,1-2H3. The van der Waals surface area contributed by atoms with Gasteiger partial charge in [-0.25, -0.2) is 9.59 Å². The summed E-state index contributed by atoms with van der Waals surface area (Å²) in [6.07, 6.45) is 0. The molecule has 30 heavy (non-hydrogen) atoms. The van der Waals surface area contributed by atoms with Crippen molar-refractivity contribution in [2.75, 3.05) is 7.11 Å². The van der Waals surface area contributed by atoms with Crippen molar-refractivity contribution in [1.82, 2.24) is 0 Å². The molecule has 0 saturated heterocycles. The number of fused-ring (bicyclic) bond motifs is 1. The number of aryl methyl sites for hydroxylation is 1. The monoisotopic (exact) mass is 420 g/mol. The summed E-state index contributed by atoms with van der Waals surface area (Å²) >= 11 is 5.95. The summed E-state index contributed by atoms with van der Waals surface area (Å²) in [5, 5.41) is 1.25. The maximum Gasteiger partial charge on any atom is 0.344 e. The zero-order chi connectivity index (χ0) is 21.3. The Morgan fingerprint density at radius 1 is 0.967 bits per heavy atom. The van der Waals surface area contributed by atoms with Crippen molar-refractivity contribution in [2.24, 2.45) is 0 Å². The lowest BCUT2D eigenvalue weighted by molar-refractivity contribution is 0.0734. The number of carbonyl (C=O) groups is 1. The number of methoxy groups -OCH3 is 1. The molecule has 0 unspecified atom stereocenters. The molecular formula is C24H17ClO5. The molecule has 4 rings (SSSR count). The van der Waals surface area contributed by atoms with Gasteiger partial charge in [0.15, 0.2) is 0 Å². The molecule has 0 aliphatic heterocycles. The minimum absolute atomic E-state index is 0.342. The summed E-state index contributed by atoms with van der Waals surface area (Å²) < 4.78 is 16.2. The normalized spacial score (nSPS) is 10.8. The Balaban J connectivity index is 1.73. The van der Waals surface area contributed by atoms with Crippen LogP contribution in [0.15, 0.2) is 75.9 Å². The second-order valence-electron chi connectivity index (χ2n) is 6.68. The Bertz CT molecular complexity index is 1310. The van der Waals surface area contributed by atoms with Crippen molar-refractivity contribution in [3.63, 3.8) is 0 Å². The van der Waals surface area contributed by atoms with Crippen LogP contribution in [0.1, 0.15) is 15.9 Å². The van der Waals surface area contributed by atoms with E-state index in [0.717, 1.165) is 5.56 Å². The zero-order valence-corrected chi connectivity index (χ0v) is 17.0. The number of benzene rings is 3. The predicted molar refractivity (Wildman–Crippen MR) is 116 cm³/mol. The first-order chi connectivity index (χ1) is 14.5. The minimum Gasteiger partial charge on any atom is -0.497 e. The summed E-state index contributed by atoms with van der Waals surface area (Å²) in [5.74, 6) is 0.392. The smallest absolute Gasteiger partial charge is 0.344 e. The summed E-state index contributed by atoms with van der Waals surface area (Å²) in [4.78, 5) is 25.1. The molecule has 0 bridgehead atoms. The highest BCUT2D eigenvalue weighted by molar-refractivity contribution is 6.30. The fourth-order valence-corrected chi connectivity index (χ4v) is 3.39. The van der Waals surface area contributed by atoms with Gasteiger partial charge in [0.1, 0.15) is 17.1 Å². The second kappa shape index (κ2) is 8.05. The molecule has 3 aromatic carbocycles.